The van der Waals surface area contributed by atoms with Crippen molar-refractivity contribution in [2.75, 3.05) is 6.61 Å². The van der Waals surface area contributed by atoms with Gasteiger partial charge in [0.05, 0.1) is 24.9 Å². The van der Waals surface area contributed by atoms with Gasteiger partial charge in [-0.1, -0.05) is 40.7 Å². The maximum Gasteiger partial charge on any atom is 0.330 e. The van der Waals surface area contributed by atoms with Gasteiger partial charge < -0.3 is 40.1 Å². The molecule has 9 nitrogen and oxygen atoms in total. The van der Waals surface area contributed by atoms with Crippen molar-refractivity contribution < 1.29 is 44.9 Å². The molecule has 5 saturated carbocycles. The van der Waals surface area contributed by atoms with Gasteiger partial charge in [-0.3, -0.25) is 0 Å². The predicted octanol–water partition coefficient (Wildman–Crippen LogP) is 3.64. The Balaban J connectivity index is 1.22. The molecule has 6 N–H and O–H groups in total. The summed E-state index contributed by atoms with van der Waals surface area (Å²) in [6.45, 7) is 12.8. The summed E-state index contributed by atoms with van der Waals surface area (Å²) >= 11 is 0. The molecule has 0 bridgehead atoms. The number of carbonyl (C=O) groups is 1. The predicted molar refractivity (Wildman–Crippen MR) is 162 cm³/mol. The Morgan fingerprint density at radius 3 is 2.32 bits per heavy atom. The minimum absolute atomic E-state index is 0.0204. The van der Waals surface area contributed by atoms with E-state index >= 15 is 0 Å². The highest BCUT2D eigenvalue weighted by Gasteiger charge is 2.85. The van der Waals surface area contributed by atoms with Crippen molar-refractivity contribution in [3.8, 4) is 0 Å². The molecule has 0 aromatic heterocycles. The molecule has 2 spiro atoms. The Bertz CT molecular complexity index is 1170. The molecule has 0 unspecified atom stereocenters. The molecule has 44 heavy (non-hydrogen) atoms. The maximum atomic E-state index is 12.2. The molecule has 6 fully saturated rings. The lowest BCUT2D eigenvalue weighted by Crippen LogP contribution is -2.64. The molecule has 0 amide bonds. The number of fused-ring (bicyclic) bond motifs is 2. The highest BCUT2D eigenvalue weighted by Crippen LogP contribution is 2.89. The number of aliphatic hydroxyl groups excluding tert-OH is 5. The molecule has 1 heterocycles. The third-order valence-electron chi connectivity index (χ3n) is 15.1. The van der Waals surface area contributed by atoms with Crippen LogP contribution in [0.25, 0.3) is 0 Å². The second kappa shape index (κ2) is 10.7. The summed E-state index contributed by atoms with van der Waals surface area (Å²) in [5.41, 5.74) is -0.658. The van der Waals surface area contributed by atoms with Gasteiger partial charge in [0.1, 0.15) is 18.3 Å². The minimum Gasteiger partial charge on any atom is -0.478 e. The second-order valence-electron chi connectivity index (χ2n) is 16.8. The number of carboxylic acids is 1. The maximum absolute atomic E-state index is 12.2. The van der Waals surface area contributed by atoms with E-state index in [9.17, 15) is 35.4 Å². The third kappa shape index (κ3) is 4.25. The molecule has 5 aliphatic carbocycles. The lowest BCUT2D eigenvalue weighted by Gasteiger charge is -2.65. The van der Waals surface area contributed by atoms with Crippen LogP contribution in [0.1, 0.15) is 99.3 Å². The molecule has 0 aromatic rings. The summed E-state index contributed by atoms with van der Waals surface area (Å²) in [4.78, 5) is 11.3. The molecule has 9 heteroatoms. The standard InChI is InChI=1S/C35H56O9/c1-18(8-7-9-19(2)29(41)42)20-14-24(37)33(6)23-11-10-22-31(3,4)26(44-30-28(40)27(39)21(36)16-43-30)12-13-34(22)17-35(23,34)15-25(38)32(20,33)5/h9,18,20-28,30,36-40H,7-8,10-17H2,1-6H3,(H,41,42)/b19-9+/t18-,20+,21-,22+,23-,24+,25-,26+,27-,28-,30-,32+,33-,34+,35-/m1/s1. The fourth-order valence-corrected chi connectivity index (χ4v) is 12.5. The number of aliphatic hydroxyl groups is 5. The second-order valence-corrected chi connectivity index (χ2v) is 16.8. The van der Waals surface area contributed by atoms with Crippen molar-refractivity contribution in [3.05, 3.63) is 11.6 Å². The number of rotatable bonds is 7. The molecule has 1 saturated heterocycles. The van der Waals surface area contributed by atoms with Crippen LogP contribution in [0.2, 0.25) is 0 Å². The number of aliphatic carboxylic acids is 1. The van der Waals surface area contributed by atoms with Gasteiger partial charge in [0, 0.05) is 16.4 Å². The fraction of sp³-hybridized carbons (Fsp3) is 0.914. The first-order chi connectivity index (χ1) is 20.5. The first-order valence-electron chi connectivity index (χ1n) is 17.1. The van der Waals surface area contributed by atoms with Crippen molar-refractivity contribution in [3.63, 3.8) is 0 Å². The van der Waals surface area contributed by atoms with E-state index in [0.29, 0.717) is 30.3 Å². The van der Waals surface area contributed by atoms with Crippen molar-refractivity contribution >= 4 is 5.97 Å². The van der Waals surface area contributed by atoms with Gasteiger partial charge in [0.15, 0.2) is 6.29 Å². The molecule has 6 rings (SSSR count). The third-order valence-corrected chi connectivity index (χ3v) is 15.1. The smallest absolute Gasteiger partial charge is 0.330 e. The quantitative estimate of drug-likeness (QED) is 0.185. The van der Waals surface area contributed by atoms with E-state index < -0.39 is 53.6 Å². The monoisotopic (exact) mass is 620 g/mol. The van der Waals surface area contributed by atoms with Gasteiger partial charge in [0.25, 0.3) is 0 Å². The zero-order chi connectivity index (χ0) is 32.2. The lowest BCUT2D eigenvalue weighted by molar-refractivity contribution is -0.304. The molecule has 15 atom stereocenters. The van der Waals surface area contributed by atoms with Crippen molar-refractivity contribution in [2.45, 2.75) is 142 Å². The summed E-state index contributed by atoms with van der Waals surface area (Å²) < 4.78 is 12.0. The SMILES string of the molecule is C/C(=C\CC[C@@H](C)[C@@H]1C[C@H](O)[C@@]2(C)[C@H]3CC[C@H]4C(C)(C)[C@@H](O[C@H]5OC[C@@H](O)[C@@H](O)[C@H]5O)CC[C@]45C[C@]35C[C@@H](O)[C@]12C)C(=O)O. The average molecular weight is 621 g/mol. The van der Waals surface area contributed by atoms with Crippen LogP contribution in [0, 0.1) is 50.7 Å². The van der Waals surface area contributed by atoms with Crippen LogP contribution in [-0.4, -0.2) is 86.1 Å². The molecule has 0 radical (unpaired) electrons. The van der Waals surface area contributed by atoms with E-state index in [0.717, 1.165) is 44.9 Å². The Morgan fingerprint density at radius 1 is 0.955 bits per heavy atom. The van der Waals surface area contributed by atoms with Crippen LogP contribution in [0.15, 0.2) is 11.6 Å². The molecular formula is C35H56O9. The summed E-state index contributed by atoms with van der Waals surface area (Å²) in [5, 5.41) is 64.1. The number of ether oxygens (including phenoxy) is 2. The first-order valence-corrected chi connectivity index (χ1v) is 17.1. The largest absolute Gasteiger partial charge is 0.478 e. The Hall–Kier alpha value is -1.07. The molecule has 250 valence electrons. The molecule has 6 aliphatic rings. The van der Waals surface area contributed by atoms with Gasteiger partial charge >= 0.3 is 5.97 Å². The average Bonchev–Trinajstić information content (AvgIpc) is 3.56. The zero-order valence-corrected chi connectivity index (χ0v) is 27.4. The number of carboxylic acid groups (broad SMARTS) is 1. The van der Waals surface area contributed by atoms with Crippen molar-refractivity contribution in [1.82, 2.24) is 0 Å². The normalized spacial score (nSPS) is 53.6. The van der Waals surface area contributed by atoms with Crippen LogP contribution in [-0.2, 0) is 14.3 Å². The van der Waals surface area contributed by atoms with E-state index in [2.05, 4.69) is 34.6 Å². The Labute approximate surface area is 262 Å². The Kier molecular flexibility index (Phi) is 8.01. The van der Waals surface area contributed by atoms with E-state index in [1.54, 1.807) is 13.0 Å². The summed E-state index contributed by atoms with van der Waals surface area (Å²) in [6, 6.07) is 0. The number of hydrogen-bond donors (Lipinski definition) is 6. The minimum atomic E-state index is -1.31. The van der Waals surface area contributed by atoms with Crippen LogP contribution in [0.3, 0.4) is 0 Å². The molecule has 1 aliphatic heterocycles. The molecular weight excluding hydrogens is 564 g/mol. The van der Waals surface area contributed by atoms with Gasteiger partial charge in [-0.05, 0) is 105 Å². The highest BCUT2D eigenvalue weighted by atomic mass is 16.7. The summed E-state index contributed by atoms with van der Waals surface area (Å²) in [7, 11) is 0. The van der Waals surface area contributed by atoms with E-state index in [1.165, 1.54) is 0 Å². The number of allylic oxidation sites excluding steroid dienone is 1. The summed E-state index contributed by atoms with van der Waals surface area (Å²) in [5.74, 6) is 0.175. The van der Waals surface area contributed by atoms with Crippen molar-refractivity contribution in [1.29, 1.82) is 0 Å². The van der Waals surface area contributed by atoms with Crippen LogP contribution in [0.5, 0.6) is 0 Å². The van der Waals surface area contributed by atoms with Gasteiger partial charge in [-0.15, -0.1) is 0 Å². The van der Waals surface area contributed by atoms with Gasteiger partial charge in [-0.25, -0.2) is 4.79 Å². The Morgan fingerprint density at radius 2 is 1.64 bits per heavy atom. The van der Waals surface area contributed by atoms with Crippen molar-refractivity contribution in [2.24, 2.45) is 50.7 Å². The molecule has 0 aromatic carbocycles. The number of hydrogen-bond acceptors (Lipinski definition) is 8. The lowest BCUT2D eigenvalue weighted by atomic mass is 9.40. The zero-order valence-electron chi connectivity index (χ0n) is 27.4. The van der Waals surface area contributed by atoms with Crippen LogP contribution < -0.4 is 0 Å². The summed E-state index contributed by atoms with van der Waals surface area (Å²) in [6.07, 6.45) is 3.61. The highest BCUT2D eigenvalue weighted by molar-refractivity contribution is 5.85. The first kappa shape index (κ1) is 32.9. The van der Waals surface area contributed by atoms with Crippen LogP contribution >= 0.6 is 0 Å². The van der Waals surface area contributed by atoms with E-state index in [-0.39, 0.29) is 40.8 Å². The fourth-order valence-electron chi connectivity index (χ4n) is 12.5. The van der Waals surface area contributed by atoms with E-state index in [1.807, 2.05) is 0 Å². The van der Waals surface area contributed by atoms with Gasteiger partial charge in [0.2, 0.25) is 0 Å². The van der Waals surface area contributed by atoms with Gasteiger partial charge in [-0.2, -0.15) is 0 Å². The van der Waals surface area contributed by atoms with E-state index in [4.69, 9.17) is 9.47 Å². The topological polar surface area (TPSA) is 157 Å². The van der Waals surface area contributed by atoms with Crippen LogP contribution in [0.4, 0.5) is 0 Å².